The van der Waals surface area contributed by atoms with Gasteiger partial charge in [-0.05, 0) is 37.6 Å². The van der Waals surface area contributed by atoms with Gasteiger partial charge in [0, 0.05) is 11.1 Å². The molecule has 120 valence electrons. The van der Waals surface area contributed by atoms with Gasteiger partial charge in [-0.15, -0.1) is 0 Å². The quantitative estimate of drug-likeness (QED) is 0.879. The van der Waals surface area contributed by atoms with Crippen LogP contribution in [0.1, 0.15) is 29.8 Å². The molecular weight excluding hydrogens is 312 g/mol. The Kier molecular flexibility index (Phi) is 5.77. The highest BCUT2D eigenvalue weighted by molar-refractivity contribution is 6.31. The van der Waals surface area contributed by atoms with Gasteiger partial charge >= 0.3 is 0 Å². The third-order valence-corrected chi connectivity index (χ3v) is 3.54. The van der Waals surface area contributed by atoms with Crippen LogP contribution in [0.2, 0.25) is 5.02 Å². The fourth-order valence-corrected chi connectivity index (χ4v) is 2.34. The molecule has 2 rings (SSSR count). The third-order valence-electron chi connectivity index (χ3n) is 3.17. The average molecular weight is 331 g/mol. The highest BCUT2D eigenvalue weighted by Gasteiger charge is 2.14. The lowest BCUT2D eigenvalue weighted by molar-refractivity contribution is -0.115. The molecule has 5 heteroatoms. The Hall–Kier alpha value is -2.33. The van der Waals surface area contributed by atoms with Gasteiger partial charge in [0.2, 0.25) is 5.91 Å². The molecule has 0 radical (unpaired) electrons. The van der Waals surface area contributed by atoms with Crippen LogP contribution in [-0.4, -0.2) is 17.9 Å². The largest absolute Gasteiger partial charge is 0.350 e. The van der Waals surface area contributed by atoms with E-state index < -0.39 is 0 Å². The fraction of sp³-hybridized carbons (Fsp3) is 0.222. The summed E-state index contributed by atoms with van der Waals surface area (Å²) in [5, 5.41) is 6.15. The number of hydrogen-bond donors (Lipinski definition) is 2. The molecule has 0 bridgehead atoms. The minimum atomic E-state index is -0.220. The number of carbonyl (C=O) groups is 2. The van der Waals surface area contributed by atoms with Crippen LogP contribution in [0.3, 0.4) is 0 Å². The Labute approximate surface area is 140 Å². The zero-order valence-electron chi connectivity index (χ0n) is 13.1. The predicted octanol–water partition coefficient (Wildman–Crippen LogP) is 3.66. The molecule has 0 aliphatic carbocycles. The zero-order valence-corrected chi connectivity index (χ0v) is 13.9. The van der Waals surface area contributed by atoms with Gasteiger partial charge in [0.15, 0.2) is 0 Å². The molecule has 4 nitrogen and oxygen atoms in total. The van der Waals surface area contributed by atoms with Crippen LogP contribution in [0.25, 0.3) is 0 Å². The Morgan fingerprint density at radius 1 is 1.04 bits per heavy atom. The van der Waals surface area contributed by atoms with E-state index in [1.807, 2.05) is 26.0 Å². The molecule has 0 atom stereocenters. The van der Waals surface area contributed by atoms with E-state index in [1.54, 1.807) is 36.4 Å². The van der Waals surface area contributed by atoms with Crippen LogP contribution < -0.4 is 10.6 Å². The molecule has 0 saturated carbocycles. The van der Waals surface area contributed by atoms with Gasteiger partial charge < -0.3 is 10.6 Å². The van der Waals surface area contributed by atoms with Crippen molar-refractivity contribution in [3.63, 3.8) is 0 Å². The lowest BCUT2D eigenvalue weighted by Gasteiger charge is -2.13. The summed E-state index contributed by atoms with van der Waals surface area (Å²) in [6, 6.07) is 14.1. The number of benzene rings is 2. The van der Waals surface area contributed by atoms with Crippen molar-refractivity contribution in [1.29, 1.82) is 0 Å². The van der Waals surface area contributed by atoms with E-state index in [4.69, 9.17) is 11.6 Å². The molecule has 0 aliphatic rings. The topological polar surface area (TPSA) is 58.2 Å². The summed E-state index contributed by atoms with van der Waals surface area (Å²) >= 11 is 6.07. The maximum absolute atomic E-state index is 12.2. The summed E-state index contributed by atoms with van der Waals surface area (Å²) in [5.74, 6) is -0.434. The first kappa shape index (κ1) is 17.0. The Balaban J connectivity index is 2.12. The highest BCUT2D eigenvalue weighted by atomic mass is 35.5. The number of rotatable bonds is 5. The molecule has 0 saturated heterocycles. The molecule has 0 heterocycles. The minimum absolute atomic E-state index is 0.0226. The SMILES string of the molecule is CC(C)NC(=O)c1ccccc1NC(=O)Cc1ccccc1Cl. The summed E-state index contributed by atoms with van der Waals surface area (Å²) in [5.41, 5.74) is 1.67. The lowest BCUT2D eigenvalue weighted by Crippen LogP contribution is -2.31. The van der Waals surface area contributed by atoms with Gasteiger partial charge in [0.1, 0.15) is 0 Å². The number of carbonyl (C=O) groups excluding carboxylic acids is 2. The summed E-state index contributed by atoms with van der Waals surface area (Å²) < 4.78 is 0. The van der Waals surface area contributed by atoms with E-state index in [2.05, 4.69) is 10.6 Å². The second-order valence-corrected chi connectivity index (χ2v) is 5.90. The maximum atomic E-state index is 12.2. The van der Waals surface area contributed by atoms with Gasteiger partial charge in [-0.3, -0.25) is 9.59 Å². The standard InChI is InChI=1S/C18H19ClN2O2/c1-12(2)20-18(23)14-8-4-6-10-16(14)21-17(22)11-13-7-3-5-9-15(13)19/h3-10,12H,11H2,1-2H3,(H,20,23)(H,21,22). The van der Waals surface area contributed by atoms with Gasteiger partial charge in [0.05, 0.1) is 17.7 Å². The second kappa shape index (κ2) is 7.79. The van der Waals surface area contributed by atoms with Crippen LogP contribution in [0.15, 0.2) is 48.5 Å². The van der Waals surface area contributed by atoms with Crippen LogP contribution in [0.4, 0.5) is 5.69 Å². The molecule has 0 aromatic heterocycles. The Morgan fingerprint density at radius 2 is 1.70 bits per heavy atom. The molecular formula is C18H19ClN2O2. The van der Waals surface area contributed by atoms with Crippen molar-refractivity contribution in [3.05, 3.63) is 64.7 Å². The monoisotopic (exact) mass is 330 g/mol. The minimum Gasteiger partial charge on any atom is -0.350 e. The third kappa shape index (κ3) is 4.83. The van der Waals surface area contributed by atoms with Crippen LogP contribution in [-0.2, 0) is 11.2 Å². The van der Waals surface area contributed by atoms with E-state index >= 15 is 0 Å². The zero-order chi connectivity index (χ0) is 16.8. The molecule has 2 aromatic carbocycles. The Bertz CT molecular complexity index is 714. The number of amides is 2. The summed E-state index contributed by atoms with van der Waals surface area (Å²) in [4.78, 5) is 24.4. The normalized spacial score (nSPS) is 10.4. The van der Waals surface area contributed by atoms with Crippen molar-refractivity contribution in [2.45, 2.75) is 26.3 Å². The number of anilines is 1. The molecule has 0 aliphatic heterocycles. The number of nitrogens with one attached hydrogen (secondary N) is 2. The van der Waals surface area contributed by atoms with E-state index in [1.165, 1.54) is 0 Å². The average Bonchev–Trinajstić information content (AvgIpc) is 2.49. The molecule has 0 spiro atoms. The first-order valence-electron chi connectivity index (χ1n) is 7.40. The first-order chi connectivity index (χ1) is 11.0. The summed E-state index contributed by atoms with van der Waals surface area (Å²) in [6.07, 6.45) is 0.153. The predicted molar refractivity (Wildman–Crippen MR) is 92.8 cm³/mol. The molecule has 0 unspecified atom stereocenters. The van der Waals surface area contributed by atoms with E-state index in [0.717, 1.165) is 5.56 Å². The van der Waals surface area contributed by atoms with Crippen molar-refractivity contribution >= 4 is 29.1 Å². The van der Waals surface area contributed by atoms with Crippen molar-refractivity contribution in [1.82, 2.24) is 5.32 Å². The molecule has 2 aromatic rings. The summed E-state index contributed by atoms with van der Waals surface area (Å²) in [6.45, 7) is 3.77. The van der Waals surface area contributed by atoms with Crippen molar-refractivity contribution in [2.24, 2.45) is 0 Å². The van der Waals surface area contributed by atoms with E-state index in [-0.39, 0.29) is 24.3 Å². The highest BCUT2D eigenvalue weighted by Crippen LogP contribution is 2.18. The van der Waals surface area contributed by atoms with Crippen LogP contribution in [0.5, 0.6) is 0 Å². The number of halogens is 1. The van der Waals surface area contributed by atoms with E-state index in [9.17, 15) is 9.59 Å². The maximum Gasteiger partial charge on any atom is 0.253 e. The second-order valence-electron chi connectivity index (χ2n) is 5.49. The molecule has 23 heavy (non-hydrogen) atoms. The van der Waals surface area contributed by atoms with Gasteiger partial charge in [-0.1, -0.05) is 41.9 Å². The van der Waals surface area contributed by atoms with Crippen molar-refractivity contribution in [2.75, 3.05) is 5.32 Å². The number of para-hydroxylation sites is 1. The molecule has 2 amide bonds. The van der Waals surface area contributed by atoms with Gasteiger partial charge in [-0.2, -0.15) is 0 Å². The van der Waals surface area contributed by atoms with Crippen LogP contribution in [0, 0.1) is 0 Å². The van der Waals surface area contributed by atoms with Gasteiger partial charge in [-0.25, -0.2) is 0 Å². The molecule has 2 N–H and O–H groups in total. The Morgan fingerprint density at radius 3 is 2.39 bits per heavy atom. The lowest BCUT2D eigenvalue weighted by atomic mass is 10.1. The van der Waals surface area contributed by atoms with Crippen molar-refractivity contribution < 1.29 is 9.59 Å². The van der Waals surface area contributed by atoms with Crippen LogP contribution >= 0.6 is 11.6 Å². The van der Waals surface area contributed by atoms with E-state index in [0.29, 0.717) is 16.3 Å². The van der Waals surface area contributed by atoms with Gasteiger partial charge in [0.25, 0.3) is 5.91 Å². The van der Waals surface area contributed by atoms with Crippen molar-refractivity contribution in [3.8, 4) is 0 Å². The smallest absolute Gasteiger partial charge is 0.253 e. The molecule has 0 fully saturated rings. The number of hydrogen-bond acceptors (Lipinski definition) is 2. The first-order valence-corrected chi connectivity index (χ1v) is 7.78. The summed E-state index contributed by atoms with van der Waals surface area (Å²) in [7, 11) is 0. The fourth-order valence-electron chi connectivity index (χ4n) is 2.14.